The van der Waals surface area contributed by atoms with Crippen LogP contribution in [-0.4, -0.2) is 28.6 Å². The van der Waals surface area contributed by atoms with E-state index in [0.717, 1.165) is 24.2 Å². The van der Waals surface area contributed by atoms with E-state index >= 15 is 0 Å². The summed E-state index contributed by atoms with van der Waals surface area (Å²) in [7, 11) is 0. The topological polar surface area (TPSA) is 63.6 Å². The van der Waals surface area contributed by atoms with Gasteiger partial charge >= 0.3 is 5.97 Å². The third kappa shape index (κ3) is 4.18. The van der Waals surface area contributed by atoms with Gasteiger partial charge in [-0.3, -0.25) is 9.59 Å². The molecule has 4 rings (SSSR count). The maximum absolute atomic E-state index is 13.3. The predicted molar refractivity (Wildman–Crippen MR) is 126 cm³/mol. The summed E-state index contributed by atoms with van der Waals surface area (Å²) >= 11 is 0. The number of carbonyl (C=O) groups is 2. The second-order valence-electron chi connectivity index (χ2n) is 12.6. The zero-order valence-corrected chi connectivity index (χ0v) is 21.1. The van der Waals surface area contributed by atoms with Crippen LogP contribution < -0.4 is 0 Å². The highest BCUT2D eigenvalue weighted by molar-refractivity contribution is 5.84. The summed E-state index contributed by atoms with van der Waals surface area (Å²) < 4.78 is 5.44. The van der Waals surface area contributed by atoms with E-state index in [9.17, 15) is 14.7 Å². The Balaban J connectivity index is 1.48. The van der Waals surface area contributed by atoms with Gasteiger partial charge in [0.15, 0.2) is 0 Å². The molecule has 0 aromatic carbocycles. The summed E-state index contributed by atoms with van der Waals surface area (Å²) in [5.74, 6) is 3.01. The second kappa shape index (κ2) is 9.04. The highest BCUT2D eigenvalue weighted by Gasteiger charge is 2.63. The molecule has 4 saturated carbocycles. The number of ketones is 1. The number of esters is 1. The molecule has 9 atom stereocenters. The first-order valence-electron chi connectivity index (χ1n) is 13.5. The second-order valence-corrected chi connectivity index (χ2v) is 12.6. The first-order chi connectivity index (χ1) is 15.1. The van der Waals surface area contributed by atoms with Crippen LogP contribution in [0.5, 0.6) is 0 Å². The Morgan fingerprint density at radius 3 is 2.53 bits per heavy atom. The fourth-order valence-corrected chi connectivity index (χ4v) is 8.94. The SMILES string of the molecule is CC(=O)O[C@H]1CC[C@@]2(O)[C@@H](C1)C(=O)C[C@H]1[C@@H]3CC[C@H]([C@H](C)CCCC(C)C)[C@@]3(C)CC[C@@H]12. The number of ether oxygens (including phenoxy) is 1. The highest BCUT2D eigenvalue weighted by atomic mass is 16.5. The molecule has 1 N–H and O–H groups in total. The third-order valence-corrected chi connectivity index (χ3v) is 10.4. The third-order valence-electron chi connectivity index (χ3n) is 10.4. The van der Waals surface area contributed by atoms with Gasteiger partial charge in [0.05, 0.1) is 11.5 Å². The zero-order chi connectivity index (χ0) is 23.3. The van der Waals surface area contributed by atoms with E-state index in [1.54, 1.807) is 0 Å². The molecule has 0 radical (unpaired) electrons. The van der Waals surface area contributed by atoms with Crippen molar-refractivity contribution in [2.45, 2.75) is 117 Å². The normalized spacial score (nSPS) is 44.5. The molecule has 182 valence electrons. The Bertz CT molecular complexity index is 716. The number of hydrogen-bond donors (Lipinski definition) is 1. The Labute approximate surface area is 195 Å². The lowest BCUT2D eigenvalue weighted by atomic mass is 9.47. The van der Waals surface area contributed by atoms with E-state index in [1.807, 2.05) is 0 Å². The van der Waals surface area contributed by atoms with Gasteiger partial charge in [0.2, 0.25) is 0 Å². The highest BCUT2D eigenvalue weighted by Crippen LogP contribution is 2.66. The molecule has 4 fully saturated rings. The van der Waals surface area contributed by atoms with Crippen LogP contribution in [0.2, 0.25) is 0 Å². The molecule has 0 aromatic heterocycles. The molecule has 0 heterocycles. The number of fused-ring (bicyclic) bond motifs is 5. The summed E-state index contributed by atoms with van der Waals surface area (Å²) in [6, 6.07) is 0. The van der Waals surface area contributed by atoms with Gasteiger partial charge in [-0.2, -0.15) is 0 Å². The summed E-state index contributed by atoms with van der Waals surface area (Å²) in [4.78, 5) is 24.8. The van der Waals surface area contributed by atoms with Gasteiger partial charge in [-0.25, -0.2) is 0 Å². The van der Waals surface area contributed by atoms with Crippen molar-refractivity contribution in [3.63, 3.8) is 0 Å². The number of carbonyl (C=O) groups excluding carboxylic acids is 2. The maximum Gasteiger partial charge on any atom is 0.302 e. The van der Waals surface area contributed by atoms with Crippen LogP contribution in [0.3, 0.4) is 0 Å². The van der Waals surface area contributed by atoms with Crippen LogP contribution in [-0.2, 0) is 14.3 Å². The minimum Gasteiger partial charge on any atom is -0.463 e. The summed E-state index contributed by atoms with van der Waals surface area (Å²) in [5, 5.41) is 11.9. The number of aliphatic hydroxyl groups is 1. The fourth-order valence-electron chi connectivity index (χ4n) is 8.94. The quantitative estimate of drug-likeness (QED) is 0.513. The number of rotatable bonds is 6. The van der Waals surface area contributed by atoms with Crippen molar-refractivity contribution in [3.05, 3.63) is 0 Å². The van der Waals surface area contributed by atoms with Gasteiger partial charge in [-0.1, -0.05) is 47.0 Å². The Hall–Kier alpha value is -0.900. The molecule has 0 amide bonds. The van der Waals surface area contributed by atoms with Crippen LogP contribution in [0.1, 0.15) is 105 Å². The minimum absolute atomic E-state index is 0.213. The molecular formula is C28H46O4. The molecule has 4 aliphatic carbocycles. The molecule has 0 aromatic rings. The first kappa shape index (κ1) is 24.2. The van der Waals surface area contributed by atoms with Crippen LogP contribution in [0.15, 0.2) is 0 Å². The maximum atomic E-state index is 13.3. The Morgan fingerprint density at radius 2 is 1.84 bits per heavy atom. The van der Waals surface area contributed by atoms with Gasteiger partial charge in [-0.05, 0) is 85.9 Å². The van der Waals surface area contributed by atoms with Crippen molar-refractivity contribution in [3.8, 4) is 0 Å². The molecular weight excluding hydrogens is 400 g/mol. The molecule has 4 aliphatic rings. The van der Waals surface area contributed by atoms with Crippen molar-refractivity contribution in [2.75, 3.05) is 0 Å². The fraction of sp³-hybridized carbons (Fsp3) is 0.929. The summed E-state index contributed by atoms with van der Waals surface area (Å²) in [6.07, 6.45) is 10.9. The predicted octanol–water partition coefficient (Wildman–Crippen LogP) is 5.94. The molecule has 0 aliphatic heterocycles. The number of hydrogen-bond acceptors (Lipinski definition) is 4. The van der Waals surface area contributed by atoms with Crippen molar-refractivity contribution in [2.24, 2.45) is 46.8 Å². The van der Waals surface area contributed by atoms with Crippen LogP contribution in [0.25, 0.3) is 0 Å². The van der Waals surface area contributed by atoms with E-state index in [1.165, 1.54) is 45.4 Å². The molecule has 4 heteroatoms. The van der Waals surface area contributed by atoms with E-state index in [4.69, 9.17) is 4.74 Å². The lowest BCUT2D eigenvalue weighted by Gasteiger charge is -2.59. The van der Waals surface area contributed by atoms with Gasteiger partial charge in [0.1, 0.15) is 11.9 Å². The number of Topliss-reactive ketones (excluding diaryl/α,β-unsaturated/α-hetero) is 1. The van der Waals surface area contributed by atoms with Gasteiger partial charge in [-0.15, -0.1) is 0 Å². The molecule has 0 unspecified atom stereocenters. The van der Waals surface area contributed by atoms with Gasteiger partial charge in [0, 0.05) is 13.3 Å². The Morgan fingerprint density at radius 1 is 1.09 bits per heavy atom. The van der Waals surface area contributed by atoms with E-state index in [-0.39, 0.29) is 29.7 Å². The van der Waals surface area contributed by atoms with Crippen molar-refractivity contribution in [1.29, 1.82) is 0 Å². The lowest BCUT2D eigenvalue weighted by molar-refractivity contribution is -0.196. The summed E-state index contributed by atoms with van der Waals surface area (Å²) in [5.41, 5.74) is -0.574. The zero-order valence-electron chi connectivity index (χ0n) is 21.1. The average molecular weight is 447 g/mol. The smallest absolute Gasteiger partial charge is 0.302 e. The Kier molecular flexibility index (Phi) is 6.85. The lowest BCUT2D eigenvalue weighted by Crippen LogP contribution is -2.62. The van der Waals surface area contributed by atoms with Crippen molar-refractivity contribution >= 4 is 11.8 Å². The van der Waals surface area contributed by atoms with Crippen molar-refractivity contribution < 1.29 is 19.4 Å². The average Bonchev–Trinajstić information content (AvgIpc) is 3.06. The van der Waals surface area contributed by atoms with Crippen LogP contribution in [0.4, 0.5) is 0 Å². The molecule has 0 spiro atoms. The largest absolute Gasteiger partial charge is 0.463 e. The monoisotopic (exact) mass is 446 g/mol. The molecule has 32 heavy (non-hydrogen) atoms. The van der Waals surface area contributed by atoms with Crippen LogP contribution >= 0.6 is 0 Å². The van der Waals surface area contributed by atoms with E-state index in [0.29, 0.717) is 42.9 Å². The molecule has 0 saturated heterocycles. The van der Waals surface area contributed by atoms with Gasteiger partial charge in [0.25, 0.3) is 0 Å². The summed E-state index contributed by atoms with van der Waals surface area (Å²) in [6.45, 7) is 11.1. The molecule has 0 bridgehead atoms. The first-order valence-corrected chi connectivity index (χ1v) is 13.5. The standard InChI is InChI=1S/C28H46O4/c1-17(2)7-6-8-18(3)22-9-10-23-21-16-26(30)25-15-20(32-19(4)29)11-14-28(25,31)24(21)12-13-27(22,23)5/h17-18,20-25,31H,6-16H2,1-5H3/t18-,20+,21+,22-,23+,24+,25+,27-,28+/m1/s1. The van der Waals surface area contributed by atoms with Crippen molar-refractivity contribution in [1.82, 2.24) is 0 Å². The van der Waals surface area contributed by atoms with Crippen LogP contribution in [0, 0.1) is 46.8 Å². The minimum atomic E-state index is -0.890. The van der Waals surface area contributed by atoms with Gasteiger partial charge < -0.3 is 9.84 Å². The van der Waals surface area contributed by atoms with E-state index < -0.39 is 5.60 Å². The van der Waals surface area contributed by atoms with E-state index in [2.05, 4.69) is 27.7 Å². The molecule has 4 nitrogen and oxygen atoms in total.